The van der Waals surface area contributed by atoms with E-state index in [-0.39, 0.29) is 10.9 Å². The topological polar surface area (TPSA) is 84.9 Å². The molecule has 1 amide bonds. The number of benzene rings is 3. The number of hydrogen-bond acceptors (Lipinski definition) is 6. The number of hydrogen-bond donors (Lipinski definition) is 1. The van der Waals surface area contributed by atoms with Crippen LogP contribution in [0.2, 0.25) is 0 Å². The summed E-state index contributed by atoms with van der Waals surface area (Å²) in [5.74, 6) is 0.685. The second-order valence-corrected chi connectivity index (χ2v) is 10.6. The number of anilines is 1. The molecule has 0 spiro atoms. The molecule has 3 rings (SSSR count). The highest BCUT2D eigenvalue weighted by molar-refractivity contribution is 7.98. The zero-order valence-electron chi connectivity index (χ0n) is 20.9. The van der Waals surface area contributed by atoms with E-state index in [9.17, 15) is 13.2 Å². The van der Waals surface area contributed by atoms with E-state index in [0.29, 0.717) is 24.5 Å². The van der Waals surface area contributed by atoms with Crippen molar-refractivity contribution in [1.29, 1.82) is 0 Å². The minimum atomic E-state index is -4.06. The molecule has 0 heterocycles. The van der Waals surface area contributed by atoms with Gasteiger partial charge in [-0.1, -0.05) is 31.2 Å². The molecule has 1 N–H and O–H groups in total. The van der Waals surface area contributed by atoms with Crippen LogP contribution < -0.4 is 19.1 Å². The molecule has 0 saturated carbocycles. The largest absolute Gasteiger partial charge is 0.497 e. The number of carbonyl (C=O) groups excluding carboxylic acids is 1. The molecule has 0 saturated heterocycles. The molecular weight excluding hydrogens is 496 g/mol. The molecule has 0 aliphatic rings. The van der Waals surface area contributed by atoms with Crippen LogP contribution in [0.5, 0.6) is 11.5 Å². The van der Waals surface area contributed by atoms with Gasteiger partial charge in [0.25, 0.3) is 10.0 Å². The monoisotopic (exact) mass is 528 g/mol. The van der Waals surface area contributed by atoms with Crippen LogP contribution in [0.3, 0.4) is 0 Å². The summed E-state index contributed by atoms with van der Waals surface area (Å²) in [5.41, 5.74) is 1.21. The van der Waals surface area contributed by atoms with Crippen LogP contribution in [0.15, 0.2) is 82.6 Å². The van der Waals surface area contributed by atoms with E-state index in [2.05, 4.69) is 5.32 Å². The Kier molecular flexibility index (Phi) is 9.66. The summed E-state index contributed by atoms with van der Waals surface area (Å²) in [6, 6.07) is 20.6. The van der Waals surface area contributed by atoms with Crippen molar-refractivity contribution >= 4 is 33.4 Å². The Morgan fingerprint density at radius 3 is 2.25 bits per heavy atom. The molecule has 9 heteroatoms. The molecule has 0 unspecified atom stereocenters. The average molecular weight is 529 g/mol. The van der Waals surface area contributed by atoms with E-state index in [1.807, 2.05) is 44.4 Å². The number of para-hydroxylation sites is 2. The molecule has 3 aromatic carbocycles. The predicted octanol–water partition coefficient (Wildman–Crippen LogP) is 5.28. The summed E-state index contributed by atoms with van der Waals surface area (Å²) in [5, 5.41) is 2.98. The molecule has 0 aliphatic carbocycles. The van der Waals surface area contributed by atoms with Crippen LogP contribution in [0.4, 0.5) is 5.69 Å². The van der Waals surface area contributed by atoms with Gasteiger partial charge in [-0.05, 0) is 73.7 Å². The number of ether oxygens (including phenoxy) is 2. The lowest BCUT2D eigenvalue weighted by Gasteiger charge is -2.27. The number of carbonyl (C=O) groups is 1. The molecule has 0 aliphatic heterocycles. The molecule has 0 aromatic heterocycles. The van der Waals surface area contributed by atoms with E-state index >= 15 is 0 Å². The first-order valence-electron chi connectivity index (χ1n) is 11.7. The van der Waals surface area contributed by atoms with Crippen LogP contribution in [0, 0.1) is 0 Å². The number of rotatable bonds is 12. The highest BCUT2D eigenvalue weighted by Crippen LogP contribution is 2.33. The summed E-state index contributed by atoms with van der Waals surface area (Å²) in [6.07, 6.45) is 2.56. The summed E-state index contributed by atoms with van der Waals surface area (Å²) in [6.45, 7) is 3.74. The molecule has 192 valence electrons. The van der Waals surface area contributed by atoms with Gasteiger partial charge in [0, 0.05) is 4.90 Å². The second kappa shape index (κ2) is 12.7. The van der Waals surface area contributed by atoms with Crippen molar-refractivity contribution in [1.82, 2.24) is 5.32 Å². The lowest BCUT2D eigenvalue weighted by Crippen LogP contribution is -2.42. The fourth-order valence-corrected chi connectivity index (χ4v) is 5.58. The number of sulfonamides is 1. The van der Waals surface area contributed by atoms with Crippen LogP contribution in [-0.4, -0.2) is 40.8 Å². The third-order valence-electron chi connectivity index (χ3n) is 5.63. The Balaban J connectivity index is 1.95. The van der Waals surface area contributed by atoms with Gasteiger partial charge in [0.2, 0.25) is 5.91 Å². The molecule has 3 aromatic rings. The van der Waals surface area contributed by atoms with Crippen LogP contribution in [0.25, 0.3) is 0 Å². The Morgan fingerprint density at radius 1 is 1.00 bits per heavy atom. The smallest absolute Gasteiger partial charge is 0.264 e. The van der Waals surface area contributed by atoms with Gasteiger partial charge >= 0.3 is 0 Å². The first kappa shape index (κ1) is 27.4. The Hall–Kier alpha value is -3.17. The van der Waals surface area contributed by atoms with E-state index < -0.39 is 22.5 Å². The fraction of sp³-hybridized carbons (Fsp3) is 0.296. The molecule has 36 heavy (non-hydrogen) atoms. The van der Waals surface area contributed by atoms with Crippen molar-refractivity contribution in [2.45, 2.75) is 36.1 Å². The fourth-order valence-electron chi connectivity index (χ4n) is 3.74. The Bertz CT molecular complexity index is 1250. The number of methoxy groups -OCH3 is 1. The first-order chi connectivity index (χ1) is 17.3. The molecule has 0 fully saturated rings. The minimum absolute atomic E-state index is 0.0987. The number of thioether (sulfide) groups is 1. The van der Waals surface area contributed by atoms with Gasteiger partial charge in [-0.3, -0.25) is 9.10 Å². The van der Waals surface area contributed by atoms with E-state index in [0.717, 1.165) is 20.5 Å². The first-order valence-corrected chi connectivity index (χ1v) is 14.3. The van der Waals surface area contributed by atoms with Gasteiger partial charge < -0.3 is 14.8 Å². The van der Waals surface area contributed by atoms with Gasteiger partial charge in [0.05, 0.1) is 30.3 Å². The highest BCUT2D eigenvalue weighted by Gasteiger charge is 2.30. The molecule has 0 bridgehead atoms. The van der Waals surface area contributed by atoms with Crippen LogP contribution in [0.1, 0.15) is 31.9 Å². The standard InChI is InChI=1S/C27H32N2O5S2/c1-5-24(20-11-13-21(33-3)14-12-20)28-27(30)19-29(25-9-7-8-10-26(25)34-6-2)36(31,32)23-17-15-22(35-4)16-18-23/h7-18,24H,5-6,19H2,1-4H3,(H,28,30)/t24-/m0/s1. The van der Waals surface area contributed by atoms with Crippen molar-refractivity contribution in [3.63, 3.8) is 0 Å². The van der Waals surface area contributed by atoms with Crippen molar-refractivity contribution in [2.24, 2.45) is 0 Å². The molecule has 7 nitrogen and oxygen atoms in total. The number of nitrogens with one attached hydrogen (secondary N) is 1. The van der Waals surface area contributed by atoms with Crippen molar-refractivity contribution in [2.75, 3.05) is 30.8 Å². The molecule has 0 radical (unpaired) electrons. The minimum Gasteiger partial charge on any atom is -0.497 e. The quantitative estimate of drug-likeness (QED) is 0.322. The maximum atomic E-state index is 13.8. The van der Waals surface area contributed by atoms with Gasteiger partial charge in [-0.15, -0.1) is 11.8 Å². The van der Waals surface area contributed by atoms with E-state index in [1.54, 1.807) is 55.6 Å². The summed E-state index contributed by atoms with van der Waals surface area (Å²) in [4.78, 5) is 14.3. The molecular formula is C27H32N2O5S2. The average Bonchev–Trinajstić information content (AvgIpc) is 2.91. The third kappa shape index (κ3) is 6.53. The molecule has 1 atom stereocenters. The summed E-state index contributed by atoms with van der Waals surface area (Å²) < 4.78 is 39.6. The lowest BCUT2D eigenvalue weighted by atomic mass is 10.0. The van der Waals surface area contributed by atoms with Crippen LogP contribution in [-0.2, 0) is 14.8 Å². The van der Waals surface area contributed by atoms with Crippen molar-refractivity contribution < 1.29 is 22.7 Å². The SMILES string of the molecule is CCOc1ccccc1N(CC(=O)N[C@@H](CC)c1ccc(OC)cc1)S(=O)(=O)c1ccc(SC)cc1. The van der Waals surface area contributed by atoms with E-state index in [1.165, 1.54) is 11.8 Å². The zero-order valence-corrected chi connectivity index (χ0v) is 22.6. The zero-order chi connectivity index (χ0) is 26.1. The normalized spacial score (nSPS) is 12.0. The second-order valence-electron chi connectivity index (χ2n) is 7.89. The van der Waals surface area contributed by atoms with Gasteiger partial charge in [-0.2, -0.15) is 0 Å². The lowest BCUT2D eigenvalue weighted by molar-refractivity contribution is -0.120. The van der Waals surface area contributed by atoms with Crippen LogP contribution >= 0.6 is 11.8 Å². The van der Waals surface area contributed by atoms with Gasteiger partial charge in [0.1, 0.15) is 18.0 Å². The van der Waals surface area contributed by atoms with Crippen molar-refractivity contribution in [3.05, 3.63) is 78.4 Å². The van der Waals surface area contributed by atoms with Gasteiger partial charge in [-0.25, -0.2) is 8.42 Å². The summed E-state index contributed by atoms with van der Waals surface area (Å²) >= 11 is 1.52. The highest BCUT2D eigenvalue weighted by atomic mass is 32.2. The maximum Gasteiger partial charge on any atom is 0.264 e. The Morgan fingerprint density at radius 2 is 1.67 bits per heavy atom. The van der Waals surface area contributed by atoms with E-state index in [4.69, 9.17) is 9.47 Å². The predicted molar refractivity (Wildman–Crippen MR) is 145 cm³/mol. The third-order valence-corrected chi connectivity index (χ3v) is 8.15. The number of amides is 1. The Labute approximate surface area is 217 Å². The van der Waals surface area contributed by atoms with Gasteiger partial charge in [0.15, 0.2) is 0 Å². The summed E-state index contributed by atoms with van der Waals surface area (Å²) in [7, 11) is -2.47. The van der Waals surface area contributed by atoms with Crippen molar-refractivity contribution in [3.8, 4) is 11.5 Å². The number of nitrogens with zero attached hydrogens (tertiary/aromatic N) is 1. The maximum absolute atomic E-state index is 13.8.